The first-order chi connectivity index (χ1) is 8.16. The van der Waals surface area contributed by atoms with Gasteiger partial charge in [-0.1, -0.05) is 34.1 Å². The molecule has 0 amide bonds. The maximum atomic E-state index is 11.5. The molecule has 0 radical (unpaired) electrons. The monoisotopic (exact) mass is 295 g/mol. The average molecular weight is 296 g/mol. The summed E-state index contributed by atoms with van der Waals surface area (Å²) in [6, 6.07) is 8.70. The van der Waals surface area contributed by atoms with E-state index in [1.54, 1.807) is 0 Å². The lowest BCUT2D eigenvalue weighted by molar-refractivity contribution is -0.121. The van der Waals surface area contributed by atoms with Crippen molar-refractivity contribution in [1.29, 1.82) is 0 Å². The van der Waals surface area contributed by atoms with E-state index in [4.69, 9.17) is 0 Å². The second kappa shape index (κ2) is 5.78. The molecule has 0 aromatic heterocycles. The summed E-state index contributed by atoms with van der Waals surface area (Å²) in [4.78, 5) is 13.8. The zero-order valence-corrected chi connectivity index (χ0v) is 11.7. The molecule has 1 aliphatic rings. The van der Waals surface area contributed by atoms with Crippen molar-refractivity contribution in [2.24, 2.45) is 0 Å². The third-order valence-corrected chi connectivity index (χ3v) is 4.23. The SMILES string of the molecule is CN(Cc1ccccc1Br)C1CCCC(=O)C1. The molecule has 2 rings (SSSR count). The number of nitrogens with zero attached hydrogens (tertiary/aromatic N) is 1. The summed E-state index contributed by atoms with van der Waals surface area (Å²) in [5, 5.41) is 0. The minimum Gasteiger partial charge on any atom is -0.300 e. The van der Waals surface area contributed by atoms with Crippen molar-refractivity contribution in [2.45, 2.75) is 38.3 Å². The molecule has 1 atom stereocenters. The molecule has 0 saturated heterocycles. The van der Waals surface area contributed by atoms with E-state index in [0.717, 1.165) is 36.7 Å². The molecule has 1 aromatic carbocycles. The standard InChI is InChI=1S/C14H18BrNO/c1-16(12-6-4-7-13(17)9-12)10-11-5-2-3-8-14(11)15/h2-3,5,8,12H,4,6-7,9-10H2,1H3. The summed E-state index contributed by atoms with van der Waals surface area (Å²) in [7, 11) is 2.11. The van der Waals surface area contributed by atoms with Gasteiger partial charge in [-0.15, -0.1) is 0 Å². The van der Waals surface area contributed by atoms with Gasteiger partial charge in [0, 0.05) is 29.9 Å². The van der Waals surface area contributed by atoms with Crippen LogP contribution >= 0.6 is 15.9 Å². The summed E-state index contributed by atoms with van der Waals surface area (Å²) in [5.74, 6) is 0.417. The zero-order chi connectivity index (χ0) is 12.3. The number of carbonyl (C=O) groups is 1. The second-order valence-electron chi connectivity index (χ2n) is 4.80. The van der Waals surface area contributed by atoms with Gasteiger partial charge < -0.3 is 0 Å². The Morgan fingerprint density at radius 3 is 2.88 bits per heavy atom. The molecule has 17 heavy (non-hydrogen) atoms. The van der Waals surface area contributed by atoms with E-state index < -0.39 is 0 Å². The molecule has 0 N–H and O–H groups in total. The molecule has 3 heteroatoms. The van der Waals surface area contributed by atoms with Crippen molar-refractivity contribution >= 4 is 21.7 Å². The van der Waals surface area contributed by atoms with Gasteiger partial charge in [-0.05, 0) is 31.5 Å². The summed E-state index contributed by atoms with van der Waals surface area (Å²) in [5.41, 5.74) is 1.29. The van der Waals surface area contributed by atoms with Crippen molar-refractivity contribution < 1.29 is 4.79 Å². The summed E-state index contributed by atoms with van der Waals surface area (Å²) >= 11 is 3.57. The molecule has 0 bridgehead atoms. The van der Waals surface area contributed by atoms with Crippen LogP contribution in [0.1, 0.15) is 31.2 Å². The van der Waals surface area contributed by atoms with Gasteiger partial charge in [0.05, 0.1) is 0 Å². The normalized spacial score (nSPS) is 20.9. The lowest BCUT2D eigenvalue weighted by atomic mass is 9.93. The Hall–Kier alpha value is -0.670. The number of benzene rings is 1. The average Bonchev–Trinajstić information content (AvgIpc) is 2.32. The molecule has 2 nitrogen and oxygen atoms in total. The number of ketones is 1. The molecule has 1 unspecified atom stereocenters. The van der Waals surface area contributed by atoms with Crippen molar-refractivity contribution in [2.75, 3.05) is 7.05 Å². The summed E-state index contributed by atoms with van der Waals surface area (Å²) < 4.78 is 1.15. The topological polar surface area (TPSA) is 20.3 Å². The van der Waals surface area contributed by atoms with Crippen molar-refractivity contribution in [3.05, 3.63) is 34.3 Å². The Kier molecular flexibility index (Phi) is 4.35. The maximum Gasteiger partial charge on any atom is 0.134 e. The third kappa shape index (κ3) is 3.39. The van der Waals surface area contributed by atoms with Crippen LogP contribution in [0.2, 0.25) is 0 Å². The highest BCUT2D eigenvalue weighted by atomic mass is 79.9. The molecule has 1 aliphatic carbocycles. The van der Waals surface area contributed by atoms with E-state index in [0.29, 0.717) is 11.8 Å². The van der Waals surface area contributed by atoms with Crippen molar-refractivity contribution in [1.82, 2.24) is 4.90 Å². The molecular weight excluding hydrogens is 278 g/mol. The van der Waals surface area contributed by atoms with Crippen LogP contribution in [-0.2, 0) is 11.3 Å². The van der Waals surface area contributed by atoms with Crippen LogP contribution in [0.25, 0.3) is 0 Å². The third-order valence-electron chi connectivity index (χ3n) is 3.46. The number of halogens is 1. The highest BCUT2D eigenvalue weighted by molar-refractivity contribution is 9.10. The van der Waals surface area contributed by atoms with E-state index in [-0.39, 0.29) is 0 Å². The molecule has 1 aromatic rings. The lowest BCUT2D eigenvalue weighted by Gasteiger charge is -2.30. The molecule has 0 heterocycles. The van der Waals surface area contributed by atoms with Crippen LogP contribution in [0.5, 0.6) is 0 Å². The maximum absolute atomic E-state index is 11.5. The Bertz CT molecular complexity index is 405. The van der Waals surface area contributed by atoms with Gasteiger partial charge >= 0.3 is 0 Å². The predicted octanol–water partition coefficient (Wildman–Crippen LogP) is 3.39. The van der Waals surface area contributed by atoms with Gasteiger partial charge in [-0.2, -0.15) is 0 Å². The van der Waals surface area contributed by atoms with Crippen LogP contribution in [0.15, 0.2) is 28.7 Å². The van der Waals surface area contributed by atoms with Gasteiger partial charge in [0.25, 0.3) is 0 Å². The fourth-order valence-corrected chi connectivity index (χ4v) is 2.81. The first-order valence-corrected chi connectivity index (χ1v) is 6.91. The van der Waals surface area contributed by atoms with E-state index in [1.165, 1.54) is 5.56 Å². The Balaban J connectivity index is 1.99. The molecule has 0 aliphatic heterocycles. The van der Waals surface area contributed by atoms with Gasteiger partial charge in [0.15, 0.2) is 0 Å². The molecule has 1 fully saturated rings. The fourth-order valence-electron chi connectivity index (χ4n) is 2.40. The first-order valence-electron chi connectivity index (χ1n) is 6.12. The number of rotatable bonds is 3. The number of hydrogen-bond acceptors (Lipinski definition) is 2. The largest absolute Gasteiger partial charge is 0.300 e. The quantitative estimate of drug-likeness (QED) is 0.852. The lowest BCUT2D eigenvalue weighted by Crippen LogP contribution is -2.35. The predicted molar refractivity (Wildman–Crippen MR) is 72.9 cm³/mol. The van der Waals surface area contributed by atoms with Crippen molar-refractivity contribution in [3.8, 4) is 0 Å². The Morgan fingerprint density at radius 1 is 1.41 bits per heavy atom. The summed E-state index contributed by atoms with van der Waals surface area (Å²) in [6.45, 7) is 0.902. The van der Waals surface area contributed by atoms with Gasteiger partial charge in [0.1, 0.15) is 5.78 Å². The highest BCUT2D eigenvalue weighted by Crippen LogP contribution is 2.23. The Morgan fingerprint density at radius 2 is 2.18 bits per heavy atom. The van der Waals surface area contributed by atoms with E-state index in [1.807, 2.05) is 6.07 Å². The molecule has 1 saturated carbocycles. The van der Waals surface area contributed by atoms with E-state index >= 15 is 0 Å². The fraction of sp³-hybridized carbons (Fsp3) is 0.500. The molecule has 0 spiro atoms. The molecular formula is C14H18BrNO. The van der Waals surface area contributed by atoms with Crippen molar-refractivity contribution in [3.63, 3.8) is 0 Å². The molecule has 92 valence electrons. The highest BCUT2D eigenvalue weighted by Gasteiger charge is 2.23. The number of Topliss-reactive ketones (excluding diaryl/α,β-unsaturated/α-hetero) is 1. The van der Waals surface area contributed by atoms with Crippen LogP contribution in [0, 0.1) is 0 Å². The smallest absolute Gasteiger partial charge is 0.134 e. The second-order valence-corrected chi connectivity index (χ2v) is 5.65. The van der Waals surface area contributed by atoms with Crippen LogP contribution in [-0.4, -0.2) is 23.8 Å². The minimum atomic E-state index is 0.417. The zero-order valence-electron chi connectivity index (χ0n) is 10.2. The number of hydrogen-bond donors (Lipinski definition) is 0. The first kappa shape index (κ1) is 12.8. The summed E-state index contributed by atoms with van der Waals surface area (Å²) in [6.07, 6.45) is 3.69. The van der Waals surface area contributed by atoms with Gasteiger partial charge in [0.2, 0.25) is 0 Å². The number of carbonyl (C=O) groups excluding carboxylic acids is 1. The van der Waals surface area contributed by atoms with Crippen LogP contribution in [0.4, 0.5) is 0 Å². The Labute approximate surface area is 111 Å². The van der Waals surface area contributed by atoms with Gasteiger partial charge in [-0.3, -0.25) is 9.69 Å². The van der Waals surface area contributed by atoms with E-state index in [2.05, 4.69) is 46.1 Å². The minimum absolute atomic E-state index is 0.417. The van der Waals surface area contributed by atoms with Gasteiger partial charge in [-0.25, -0.2) is 0 Å². The van der Waals surface area contributed by atoms with Crippen LogP contribution < -0.4 is 0 Å². The van der Waals surface area contributed by atoms with E-state index in [9.17, 15) is 4.79 Å². The van der Waals surface area contributed by atoms with Crippen LogP contribution in [0.3, 0.4) is 0 Å².